The van der Waals surface area contributed by atoms with Crippen LogP contribution in [0, 0.1) is 27.2 Å². The average Bonchev–Trinajstić information content (AvgIpc) is 3.05. The summed E-state index contributed by atoms with van der Waals surface area (Å²) in [6.07, 6.45) is 1.55. The number of benzene rings is 2. The molecule has 0 bridgehead atoms. The quantitative estimate of drug-likeness (QED) is 0.620. The largest absolute Gasteiger partial charge is 0.392 e. The third kappa shape index (κ3) is 3.02. The molecule has 1 heterocycles. The maximum atomic E-state index is 11.9. The molecule has 1 unspecified atom stereocenters. The highest BCUT2D eigenvalue weighted by molar-refractivity contribution is 5.79. The van der Waals surface area contributed by atoms with E-state index in [4.69, 9.17) is 4.74 Å². The van der Waals surface area contributed by atoms with E-state index in [-0.39, 0.29) is 28.2 Å². The lowest BCUT2D eigenvalue weighted by molar-refractivity contribution is -0.393. The minimum atomic E-state index is -0.639. The van der Waals surface area contributed by atoms with Gasteiger partial charge in [-0.05, 0) is 36.5 Å². The van der Waals surface area contributed by atoms with Crippen LogP contribution in [-0.2, 0) is 23.4 Å². The summed E-state index contributed by atoms with van der Waals surface area (Å²) in [5.74, 6) is 0. The molecule has 1 N–H and O–H groups in total. The van der Waals surface area contributed by atoms with Crippen molar-refractivity contribution in [2.45, 2.75) is 32.0 Å². The van der Waals surface area contributed by atoms with Gasteiger partial charge in [-0.1, -0.05) is 24.3 Å². The molecule has 152 valence electrons. The van der Waals surface area contributed by atoms with Crippen molar-refractivity contribution in [1.29, 1.82) is 0 Å². The second kappa shape index (κ2) is 7.09. The first-order valence-corrected chi connectivity index (χ1v) is 9.41. The molecule has 0 amide bonds. The van der Waals surface area contributed by atoms with Gasteiger partial charge >= 0.3 is 5.69 Å². The van der Waals surface area contributed by atoms with Crippen LogP contribution < -0.4 is 4.90 Å². The van der Waals surface area contributed by atoms with Gasteiger partial charge in [0.25, 0.3) is 5.69 Å². The Balaban J connectivity index is 1.86. The van der Waals surface area contributed by atoms with Crippen molar-refractivity contribution in [2.24, 2.45) is 0 Å². The van der Waals surface area contributed by atoms with E-state index in [1.54, 1.807) is 4.90 Å². The lowest BCUT2D eigenvalue weighted by atomic mass is 9.92. The van der Waals surface area contributed by atoms with Crippen LogP contribution in [0.1, 0.15) is 28.7 Å². The fourth-order valence-electron chi connectivity index (χ4n) is 4.57. The first kappa shape index (κ1) is 19.3. The van der Waals surface area contributed by atoms with Crippen molar-refractivity contribution in [3.63, 3.8) is 0 Å². The number of aliphatic hydroxyl groups excluding tert-OH is 1. The summed E-state index contributed by atoms with van der Waals surface area (Å²) in [6.45, 7) is 1.92. The Morgan fingerprint density at radius 1 is 1.24 bits per heavy atom. The number of aliphatic hydroxyl groups is 1. The van der Waals surface area contributed by atoms with Crippen molar-refractivity contribution in [2.75, 3.05) is 24.6 Å². The summed E-state index contributed by atoms with van der Waals surface area (Å²) in [7, 11) is 0. The fraction of sp³-hybridized carbons (Fsp3) is 0.400. The number of ether oxygens (including phenoxy) is 1. The van der Waals surface area contributed by atoms with Gasteiger partial charge in [-0.25, -0.2) is 0 Å². The van der Waals surface area contributed by atoms with Crippen LogP contribution in [0.3, 0.4) is 0 Å². The molecule has 1 fully saturated rings. The topological polar surface area (TPSA) is 119 Å². The average molecular weight is 399 g/mol. The number of hydrogen-bond donors (Lipinski definition) is 1. The molecular weight excluding hydrogens is 378 g/mol. The summed E-state index contributed by atoms with van der Waals surface area (Å²) in [6, 6.07) is 9.17. The van der Waals surface area contributed by atoms with E-state index in [1.807, 2.05) is 24.3 Å². The second-order valence-corrected chi connectivity index (χ2v) is 7.47. The Labute approximate surface area is 166 Å². The molecule has 0 aromatic heterocycles. The highest BCUT2D eigenvalue weighted by Crippen LogP contribution is 2.47. The lowest BCUT2D eigenvalue weighted by Gasteiger charge is -2.41. The molecule has 2 aliphatic rings. The Kier molecular flexibility index (Phi) is 4.71. The number of nitro groups is 2. The van der Waals surface area contributed by atoms with Crippen LogP contribution in [0.15, 0.2) is 30.3 Å². The second-order valence-electron chi connectivity index (χ2n) is 7.47. The zero-order valence-electron chi connectivity index (χ0n) is 16.0. The number of fused-ring (bicyclic) bond motifs is 2. The van der Waals surface area contributed by atoms with Crippen LogP contribution in [0.4, 0.5) is 17.1 Å². The number of rotatable bonds is 4. The SMILES string of the molecule is Cc1c(CO)cc([N+](=O)[O-])c(N2CCOC3(CCc4ccccc43)C2)c1[N+](=O)[O-]. The fourth-order valence-corrected chi connectivity index (χ4v) is 4.57. The lowest BCUT2D eigenvalue weighted by Crippen LogP contribution is -2.49. The molecule has 0 radical (unpaired) electrons. The Bertz CT molecular complexity index is 1000. The van der Waals surface area contributed by atoms with Gasteiger partial charge in [-0.2, -0.15) is 0 Å². The maximum absolute atomic E-state index is 11.9. The molecule has 1 aliphatic carbocycles. The summed E-state index contributed by atoms with van der Waals surface area (Å²) in [5, 5.41) is 33.2. The number of anilines is 1. The molecule has 1 atom stereocenters. The monoisotopic (exact) mass is 399 g/mol. The molecule has 9 heteroatoms. The van der Waals surface area contributed by atoms with Gasteiger partial charge in [0.05, 0.1) is 29.6 Å². The van der Waals surface area contributed by atoms with E-state index >= 15 is 0 Å². The minimum absolute atomic E-state index is 0.0123. The molecule has 0 saturated carbocycles. The number of morpholine rings is 1. The van der Waals surface area contributed by atoms with Crippen LogP contribution >= 0.6 is 0 Å². The first-order chi connectivity index (χ1) is 13.9. The van der Waals surface area contributed by atoms with Gasteiger partial charge < -0.3 is 14.7 Å². The van der Waals surface area contributed by atoms with E-state index < -0.39 is 22.1 Å². The van der Waals surface area contributed by atoms with Gasteiger partial charge in [0.1, 0.15) is 5.60 Å². The third-order valence-corrected chi connectivity index (χ3v) is 5.97. The molecule has 1 aliphatic heterocycles. The summed E-state index contributed by atoms with van der Waals surface area (Å²) < 4.78 is 6.16. The van der Waals surface area contributed by atoms with Gasteiger partial charge in [-0.3, -0.25) is 20.2 Å². The molecule has 29 heavy (non-hydrogen) atoms. The Hall–Kier alpha value is -3.04. The standard InChI is InChI=1S/C20H21N3O6/c1-13-15(11-24)10-17(22(25)26)19(18(13)23(27)28)21-8-9-29-20(12-21)7-6-14-4-2-3-5-16(14)20/h2-5,10,24H,6-9,11-12H2,1H3. The molecule has 1 spiro atoms. The highest BCUT2D eigenvalue weighted by atomic mass is 16.6. The molecular formula is C20H21N3O6. The van der Waals surface area contributed by atoms with Crippen LogP contribution in [0.2, 0.25) is 0 Å². The number of hydrogen-bond acceptors (Lipinski definition) is 7. The van der Waals surface area contributed by atoms with Crippen molar-refractivity contribution in [3.05, 3.63) is 72.8 Å². The zero-order valence-corrected chi connectivity index (χ0v) is 16.0. The van der Waals surface area contributed by atoms with Crippen molar-refractivity contribution in [1.82, 2.24) is 0 Å². The molecule has 1 saturated heterocycles. The van der Waals surface area contributed by atoms with Crippen LogP contribution in [0.25, 0.3) is 0 Å². The molecule has 2 aromatic rings. The summed E-state index contributed by atoms with van der Waals surface area (Å²) >= 11 is 0. The van der Waals surface area contributed by atoms with E-state index in [2.05, 4.69) is 0 Å². The molecule has 9 nitrogen and oxygen atoms in total. The van der Waals surface area contributed by atoms with Crippen molar-refractivity contribution >= 4 is 17.1 Å². The summed E-state index contributed by atoms with van der Waals surface area (Å²) in [5.41, 5.74) is 1.29. The van der Waals surface area contributed by atoms with Crippen molar-refractivity contribution in [3.8, 4) is 0 Å². The van der Waals surface area contributed by atoms with E-state index in [0.717, 1.165) is 18.4 Å². The van der Waals surface area contributed by atoms with Gasteiger partial charge in [0.2, 0.25) is 0 Å². The smallest absolute Gasteiger partial charge is 0.302 e. The normalized spacial score (nSPS) is 20.7. The van der Waals surface area contributed by atoms with E-state index in [0.29, 0.717) is 19.7 Å². The maximum Gasteiger partial charge on any atom is 0.302 e. The first-order valence-electron chi connectivity index (χ1n) is 9.41. The van der Waals surface area contributed by atoms with E-state index in [1.165, 1.54) is 18.6 Å². The van der Waals surface area contributed by atoms with Gasteiger partial charge in [0.15, 0.2) is 5.69 Å². The van der Waals surface area contributed by atoms with Gasteiger partial charge in [0, 0.05) is 18.2 Å². The Morgan fingerprint density at radius 2 is 2.00 bits per heavy atom. The summed E-state index contributed by atoms with van der Waals surface area (Å²) in [4.78, 5) is 24.1. The number of nitrogens with zero attached hydrogens (tertiary/aromatic N) is 3. The zero-order chi connectivity index (χ0) is 20.8. The van der Waals surface area contributed by atoms with E-state index in [9.17, 15) is 25.3 Å². The number of nitro benzene ring substituents is 2. The molecule has 4 rings (SSSR count). The number of aryl methyl sites for hydroxylation is 1. The predicted molar refractivity (Wildman–Crippen MR) is 105 cm³/mol. The molecule has 2 aromatic carbocycles. The minimum Gasteiger partial charge on any atom is -0.392 e. The van der Waals surface area contributed by atoms with Crippen LogP contribution in [-0.4, -0.2) is 34.6 Å². The van der Waals surface area contributed by atoms with Gasteiger partial charge in [-0.15, -0.1) is 0 Å². The highest BCUT2D eigenvalue weighted by Gasteiger charge is 2.46. The van der Waals surface area contributed by atoms with Crippen molar-refractivity contribution < 1.29 is 19.7 Å². The Morgan fingerprint density at radius 3 is 2.69 bits per heavy atom. The predicted octanol–water partition coefficient (Wildman–Crippen LogP) is 2.98. The third-order valence-electron chi connectivity index (χ3n) is 5.97. The van der Waals surface area contributed by atoms with Crippen LogP contribution in [0.5, 0.6) is 0 Å².